The van der Waals surface area contributed by atoms with E-state index >= 15 is 0 Å². The van der Waals surface area contributed by atoms with Crippen molar-refractivity contribution < 1.29 is 18.0 Å². The highest BCUT2D eigenvalue weighted by molar-refractivity contribution is 6.20. The Labute approximate surface area is 126 Å². The van der Waals surface area contributed by atoms with Crippen molar-refractivity contribution in [3.8, 4) is 0 Å². The van der Waals surface area contributed by atoms with Crippen molar-refractivity contribution in [2.45, 2.75) is 37.2 Å². The number of amides is 1. The third-order valence-corrected chi connectivity index (χ3v) is 4.22. The molecule has 2 rings (SSSR count). The highest BCUT2D eigenvalue weighted by Crippen LogP contribution is 2.30. The van der Waals surface area contributed by atoms with E-state index in [0.717, 1.165) is 37.8 Å². The van der Waals surface area contributed by atoms with Gasteiger partial charge in [-0.05, 0) is 49.8 Å². The van der Waals surface area contributed by atoms with Gasteiger partial charge in [0.15, 0.2) is 0 Å². The Kier molecular flexibility index (Phi) is 5.14. The fraction of sp³-hybridized carbons (Fsp3) is 0.533. The van der Waals surface area contributed by atoms with E-state index in [2.05, 4.69) is 5.32 Å². The van der Waals surface area contributed by atoms with Crippen molar-refractivity contribution in [1.82, 2.24) is 5.32 Å². The van der Waals surface area contributed by atoms with Crippen LogP contribution in [0.3, 0.4) is 0 Å². The molecule has 1 amide bonds. The molecule has 1 aliphatic carbocycles. The lowest BCUT2D eigenvalue weighted by Crippen LogP contribution is -2.31. The quantitative estimate of drug-likeness (QED) is 0.830. The van der Waals surface area contributed by atoms with Crippen LogP contribution in [0.5, 0.6) is 0 Å². The summed E-state index contributed by atoms with van der Waals surface area (Å²) in [5.74, 6) is -0.108. The first kappa shape index (κ1) is 16.1. The van der Waals surface area contributed by atoms with Crippen LogP contribution in [0.15, 0.2) is 24.3 Å². The van der Waals surface area contributed by atoms with Gasteiger partial charge in [0, 0.05) is 17.5 Å². The Morgan fingerprint density at radius 3 is 2.52 bits per heavy atom. The molecule has 1 fully saturated rings. The van der Waals surface area contributed by atoms with Gasteiger partial charge in [-0.25, -0.2) is 0 Å². The summed E-state index contributed by atoms with van der Waals surface area (Å²) in [6.07, 6.45) is -0.708. The van der Waals surface area contributed by atoms with Crippen LogP contribution in [-0.2, 0) is 6.18 Å². The van der Waals surface area contributed by atoms with Crippen molar-refractivity contribution in [1.29, 1.82) is 0 Å². The predicted octanol–water partition coefficient (Wildman–Crippen LogP) is 4.23. The SMILES string of the molecule is O=C(NCC1CCC(Cl)CC1)c1cccc(C(F)(F)F)c1. The lowest BCUT2D eigenvalue weighted by molar-refractivity contribution is -0.137. The smallest absolute Gasteiger partial charge is 0.352 e. The lowest BCUT2D eigenvalue weighted by atomic mass is 9.89. The summed E-state index contributed by atoms with van der Waals surface area (Å²) >= 11 is 6.01. The van der Waals surface area contributed by atoms with E-state index in [4.69, 9.17) is 11.6 Å². The van der Waals surface area contributed by atoms with E-state index in [9.17, 15) is 18.0 Å². The maximum Gasteiger partial charge on any atom is 0.416 e. The molecule has 0 aliphatic heterocycles. The van der Waals surface area contributed by atoms with E-state index < -0.39 is 17.6 Å². The number of hydrogen-bond donors (Lipinski definition) is 1. The molecule has 1 aromatic rings. The van der Waals surface area contributed by atoms with Gasteiger partial charge in [-0.15, -0.1) is 11.6 Å². The molecular formula is C15H17ClF3NO. The van der Waals surface area contributed by atoms with Gasteiger partial charge in [0.25, 0.3) is 5.91 Å². The molecule has 21 heavy (non-hydrogen) atoms. The summed E-state index contributed by atoms with van der Waals surface area (Å²) in [5.41, 5.74) is -0.770. The molecule has 1 aromatic carbocycles. The second kappa shape index (κ2) is 6.69. The third kappa shape index (κ3) is 4.63. The molecule has 0 aromatic heterocycles. The topological polar surface area (TPSA) is 29.1 Å². The summed E-state index contributed by atoms with van der Waals surface area (Å²) < 4.78 is 37.8. The number of benzene rings is 1. The van der Waals surface area contributed by atoms with E-state index in [1.165, 1.54) is 12.1 Å². The normalized spacial score (nSPS) is 22.9. The summed E-state index contributed by atoms with van der Waals surface area (Å²) in [6.45, 7) is 0.485. The molecule has 0 unspecified atom stereocenters. The van der Waals surface area contributed by atoms with Crippen LogP contribution in [0.25, 0.3) is 0 Å². The molecule has 6 heteroatoms. The van der Waals surface area contributed by atoms with Gasteiger partial charge in [-0.1, -0.05) is 6.07 Å². The lowest BCUT2D eigenvalue weighted by Gasteiger charge is -2.25. The van der Waals surface area contributed by atoms with Crippen LogP contribution in [0, 0.1) is 5.92 Å². The molecule has 0 atom stereocenters. The molecule has 0 saturated heterocycles. The van der Waals surface area contributed by atoms with Crippen LogP contribution in [0.1, 0.15) is 41.6 Å². The Morgan fingerprint density at radius 2 is 1.90 bits per heavy atom. The molecule has 0 bridgehead atoms. The van der Waals surface area contributed by atoms with Gasteiger partial charge in [0.05, 0.1) is 5.56 Å². The van der Waals surface area contributed by atoms with Crippen LogP contribution >= 0.6 is 11.6 Å². The first-order valence-electron chi connectivity index (χ1n) is 6.96. The number of nitrogens with one attached hydrogen (secondary N) is 1. The first-order chi connectivity index (χ1) is 9.86. The summed E-state index contributed by atoms with van der Waals surface area (Å²) in [6, 6.07) is 4.47. The van der Waals surface area contributed by atoms with Crippen molar-refractivity contribution in [2.24, 2.45) is 5.92 Å². The molecular weight excluding hydrogens is 303 g/mol. The number of carbonyl (C=O) groups is 1. The molecule has 1 N–H and O–H groups in total. The molecule has 0 spiro atoms. The van der Waals surface area contributed by atoms with Gasteiger partial charge in [-0.2, -0.15) is 13.2 Å². The number of hydrogen-bond acceptors (Lipinski definition) is 1. The second-order valence-electron chi connectivity index (χ2n) is 5.41. The minimum atomic E-state index is -4.44. The number of alkyl halides is 4. The van der Waals surface area contributed by atoms with E-state index in [1.807, 2.05) is 0 Å². The largest absolute Gasteiger partial charge is 0.416 e. The van der Waals surface area contributed by atoms with Crippen molar-refractivity contribution in [3.05, 3.63) is 35.4 Å². The Hall–Kier alpha value is -1.23. The number of rotatable bonds is 3. The Morgan fingerprint density at radius 1 is 1.24 bits per heavy atom. The van der Waals surface area contributed by atoms with Crippen LogP contribution in [-0.4, -0.2) is 17.8 Å². The molecule has 116 valence electrons. The van der Waals surface area contributed by atoms with E-state index in [1.54, 1.807) is 0 Å². The number of carbonyl (C=O) groups excluding carboxylic acids is 1. The van der Waals surface area contributed by atoms with Gasteiger partial charge >= 0.3 is 6.18 Å². The number of halogens is 4. The maximum atomic E-state index is 12.6. The van der Waals surface area contributed by atoms with E-state index in [-0.39, 0.29) is 10.9 Å². The van der Waals surface area contributed by atoms with Crippen molar-refractivity contribution in [2.75, 3.05) is 6.54 Å². The monoisotopic (exact) mass is 319 g/mol. The first-order valence-corrected chi connectivity index (χ1v) is 7.39. The van der Waals surface area contributed by atoms with Crippen molar-refractivity contribution in [3.63, 3.8) is 0 Å². The summed E-state index contributed by atoms with van der Waals surface area (Å²) in [5, 5.41) is 2.92. The highest BCUT2D eigenvalue weighted by atomic mass is 35.5. The van der Waals surface area contributed by atoms with Crippen LogP contribution in [0.2, 0.25) is 0 Å². The zero-order chi connectivity index (χ0) is 15.5. The van der Waals surface area contributed by atoms with Gasteiger partial charge < -0.3 is 5.32 Å². The predicted molar refractivity (Wildman–Crippen MR) is 75.4 cm³/mol. The molecule has 0 heterocycles. The highest BCUT2D eigenvalue weighted by Gasteiger charge is 2.31. The molecule has 0 radical (unpaired) electrons. The van der Waals surface area contributed by atoms with Crippen molar-refractivity contribution >= 4 is 17.5 Å². The van der Waals surface area contributed by atoms with Gasteiger partial charge in [0.1, 0.15) is 0 Å². The average molecular weight is 320 g/mol. The minimum Gasteiger partial charge on any atom is -0.352 e. The fourth-order valence-corrected chi connectivity index (χ4v) is 2.75. The fourth-order valence-electron chi connectivity index (χ4n) is 2.50. The standard InChI is InChI=1S/C15H17ClF3NO/c16-13-6-4-10(5-7-13)9-20-14(21)11-2-1-3-12(8-11)15(17,18)19/h1-3,8,10,13H,4-7,9H2,(H,20,21). The van der Waals surface area contributed by atoms with E-state index in [0.29, 0.717) is 12.5 Å². The Balaban J connectivity index is 1.91. The third-order valence-electron chi connectivity index (χ3n) is 3.78. The van der Waals surface area contributed by atoms with Crippen LogP contribution in [0.4, 0.5) is 13.2 Å². The van der Waals surface area contributed by atoms with Gasteiger partial charge in [0.2, 0.25) is 0 Å². The molecule has 1 aliphatic rings. The second-order valence-corrected chi connectivity index (χ2v) is 6.02. The molecule has 1 saturated carbocycles. The molecule has 2 nitrogen and oxygen atoms in total. The average Bonchev–Trinajstić information content (AvgIpc) is 2.45. The maximum absolute atomic E-state index is 12.6. The van der Waals surface area contributed by atoms with Crippen LogP contribution < -0.4 is 5.32 Å². The Bertz CT molecular complexity index is 496. The summed E-state index contributed by atoms with van der Waals surface area (Å²) in [7, 11) is 0. The van der Waals surface area contributed by atoms with Gasteiger partial charge in [-0.3, -0.25) is 4.79 Å². The zero-order valence-electron chi connectivity index (χ0n) is 11.4. The summed E-state index contributed by atoms with van der Waals surface area (Å²) in [4.78, 5) is 11.9. The zero-order valence-corrected chi connectivity index (χ0v) is 12.2. The minimum absolute atomic E-state index is 0.0378.